The quantitative estimate of drug-likeness (QED) is 0.818. The lowest BCUT2D eigenvalue weighted by molar-refractivity contribution is -0.158. The van der Waals surface area contributed by atoms with E-state index in [-0.39, 0.29) is 6.54 Å². The molecule has 3 nitrogen and oxygen atoms in total. The first kappa shape index (κ1) is 15.3. The fraction of sp³-hybridized carbons (Fsp3) is 0.917. The Hall–Kier alpha value is -0.800. The molecular formula is C12H19F3N2O. The molecule has 3 unspecified atom stereocenters. The second-order valence-corrected chi connectivity index (χ2v) is 5.28. The maximum atomic E-state index is 12.3. The molecule has 0 aromatic rings. The van der Waals surface area contributed by atoms with Gasteiger partial charge in [-0.25, -0.2) is 0 Å². The molecule has 0 amide bonds. The van der Waals surface area contributed by atoms with E-state index in [9.17, 15) is 18.3 Å². The molecule has 2 N–H and O–H groups in total. The van der Waals surface area contributed by atoms with E-state index in [1.54, 1.807) is 0 Å². The molecule has 1 aliphatic carbocycles. The minimum absolute atomic E-state index is 0.117. The van der Waals surface area contributed by atoms with Crippen molar-refractivity contribution < 1.29 is 18.3 Å². The second-order valence-electron chi connectivity index (χ2n) is 5.28. The van der Waals surface area contributed by atoms with Gasteiger partial charge >= 0.3 is 6.18 Å². The van der Waals surface area contributed by atoms with Crippen molar-refractivity contribution in [2.75, 3.05) is 13.1 Å². The summed E-state index contributed by atoms with van der Waals surface area (Å²) in [5, 5.41) is 21.2. The molecule has 18 heavy (non-hydrogen) atoms. The number of halogens is 3. The predicted octanol–water partition coefficient (Wildman–Crippen LogP) is 2.22. The number of rotatable bonds is 4. The lowest BCUT2D eigenvalue weighted by Crippen LogP contribution is -2.46. The molecule has 1 fully saturated rings. The molecule has 0 spiro atoms. The van der Waals surface area contributed by atoms with Gasteiger partial charge in [0, 0.05) is 13.1 Å². The van der Waals surface area contributed by atoms with E-state index in [1.165, 1.54) is 6.07 Å². The first-order valence-electron chi connectivity index (χ1n) is 6.16. The van der Waals surface area contributed by atoms with Crippen LogP contribution in [0.15, 0.2) is 0 Å². The van der Waals surface area contributed by atoms with Gasteiger partial charge in [-0.3, -0.25) is 0 Å². The lowest BCUT2D eigenvalue weighted by Gasteiger charge is -2.36. The normalized spacial score (nSPS) is 30.8. The monoisotopic (exact) mass is 264 g/mol. The molecule has 0 aliphatic heterocycles. The van der Waals surface area contributed by atoms with Gasteiger partial charge in [-0.2, -0.15) is 18.4 Å². The van der Waals surface area contributed by atoms with Crippen LogP contribution < -0.4 is 5.32 Å². The number of aliphatic hydroxyl groups is 1. The van der Waals surface area contributed by atoms with Crippen LogP contribution in [0.1, 0.15) is 32.6 Å². The van der Waals surface area contributed by atoms with E-state index in [0.717, 1.165) is 12.8 Å². The first-order chi connectivity index (χ1) is 8.27. The Morgan fingerprint density at radius 2 is 2.22 bits per heavy atom. The standard InChI is InChI=1S/C12H19F3N2O/c1-9-3-2-4-11(18,5-9)8-17-7-10(6-16)12(13,14)15/h9-10,17-18H,2-5,7-8H2,1H3. The summed E-state index contributed by atoms with van der Waals surface area (Å²) in [6.45, 7) is 1.68. The van der Waals surface area contributed by atoms with Crippen molar-refractivity contribution in [3.8, 4) is 6.07 Å². The van der Waals surface area contributed by atoms with Gasteiger partial charge in [0.2, 0.25) is 0 Å². The van der Waals surface area contributed by atoms with Crippen molar-refractivity contribution in [2.45, 2.75) is 44.4 Å². The molecule has 0 saturated heterocycles. The van der Waals surface area contributed by atoms with Crippen molar-refractivity contribution in [1.29, 1.82) is 5.26 Å². The zero-order chi connectivity index (χ0) is 13.8. The molecule has 1 rings (SSSR count). The SMILES string of the molecule is CC1CCCC(O)(CNCC(C#N)C(F)(F)F)C1. The van der Waals surface area contributed by atoms with Crippen LogP contribution >= 0.6 is 0 Å². The van der Waals surface area contributed by atoms with Crippen molar-refractivity contribution in [3.05, 3.63) is 0 Å². The smallest absolute Gasteiger partial charge is 0.389 e. The minimum atomic E-state index is -4.51. The molecule has 3 atom stereocenters. The summed E-state index contributed by atoms with van der Waals surface area (Å²) >= 11 is 0. The Bertz CT molecular complexity index is 313. The largest absolute Gasteiger partial charge is 0.405 e. The molecule has 0 aromatic carbocycles. The van der Waals surface area contributed by atoms with Gasteiger partial charge in [-0.15, -0.1) is 0 Å². The molecule has 104 valence electrons. The zero-order valence-electron chi connectivity index (χ0n) is 10.4. The van der Waals surface area contributed by atoms with Gasteiger partial charge in [0.1, 0.15) is 0 Å². The van der Waals surface area contributed by atoms with Crippen LogP contribution in [0, 0.1) is 23.2 Å². The third-order valence-corrected chi connectivity index (χ3v) is 3.42. The maximum absolute atomic E-state index is 12.3. The van der Waals surface area contributed by atoms with Crippen molar-refractivity contribution >= 4 is 0 Å². The highest BCUT2D eigenvalue weighted by atomic mass is 19.4. The number of nitrogens with zero attached hydrogens (tertiary/aromatic N) is 1. The second kappa shape index (κ2) is 5.89. The fourth-order valence-corrected chi connectivity index (χ4v) is 2.48. The number of nitrogens with one attached hydrogen (secondary N) is 1. The van der Waals surface area contributed by atoms with E-state index >= 15 is 0 Å². The van der Waals surface area contributed by atoms with Crippen LogP contribution in [0.4, 0.5) is 13.2 Å². The van der Waals surface area contributed by atoms with Crippen molar-refractivity contribution in [3.63, 3.8) is 0 Å². The summed E-state index contributed by atoms with van der Waals surface area (Å²) in [5.74, 6) is -1.62. The molecule has 0 aromatic heterocycles. The summed E-state index contributed by atoms with van der Waals surface area (Å²) in [7, 11) is 0. The van der Waals surface area contributed by atoms with Gasteiger partial charge in [0.05, 0.1) is 11.7 Å². The summed E-state index contributed by atoms with van der Waals surface area (Å²) in [5.41, 5.74) is -0.927. The van der Waals surface area contributed by atoms with Gasteiger partial charge in [-0.05, 0) is 18.8 Å². The van der Waals surface area contributed by atoms with Crippen LogP contribution in [0.3, 0.4) is 0 Å². The molecule has 1 saturated carbocycles. The first-order valence-corrected chi connectivity index (χ1v) is 6.16. The van der Waals surface area contributed by atoms with E-state index in [0.29, 0.717) is 18.8 Å². The van der Waals surface area contributed by atoms with Gasteiger partial charge in [0.25, 0.3) is 0 Å². The predicted molar refractivity (Wildman–Crippen MR) is 60.6 cm³/mol. The van der Waals surface area contributed by atoms with Gasteiger partial charge < -0.3 is 10.4 Å². The average Bonchev–Trinajstić information content (AvgIpc) is 2.22. The minimum Gasteiger partial charge on any atom is -0.389 e. The van der Waals surface area contributed by atoms with Gasteiger partial charge in [-0.1, -0.05) is 19.8 Å². The Morgan fingerprint density at radius 1 is 1.56 bits per heavy atom. The molecule has 0 heterocycles. The summed E-state index contributed by atoms with van der Waals surface area (Å²) in [6, 6.07) is 1.23. The highest BCUT2D eigenvalue weighted by Crippen LogP contribution is 2.32. The summed E-state index contributed by atoms with van der Waals surface area (Å²) in [6.07, 6.45) is -1.37. The molecule has 1 aliphatic rings. The lowest BCUT2D eigenvalue weighted by atomic mass is 9.79. The Labute approximate surface area is 105 Å². The number of nitriles is 1. The third kappa shape index (κ3) is 4.46. The highest BCUT2D eigenvalue weighted by molar-refractivity contribution is 4.92. The van der Waals surface area contributed by atoms with E-state index in [4.69, 9.17) is 5.26 Å². The van der Waals surface area contributed by atoms with Gasteiger partial charge in [0.15, 0.2) is 5.92 Å². The average molecular weight is 264 g/mol. The maximum Gasteiger partial charge on any atom is 0.405 e. The van der Waals surface area contributed by atoms with Crippen molar-refractivity contribution in [1.82, 2.24) is 5.32 Å². The number of hydrogen-bond donors (Lipinski definition) is 2. The molecule has 6 heteroatoms. The zero-order valence-corrected chi connectivity index (χ0v) is 10.4. The topological polar surface area (TPSA) is 56.0 Å². The number of alkyl halides is 3. The summed E-state index contributed by atoms with van der Waals surface area (Å²) in [4.78, 5) is 0. The van der Waals surface area contributed by atoms with E-state index in [1.807, 2.05) is 6.92 Å². The van der Waals surface area contributed by atoms with Crippen LogP contribution in [0.2, 0.25) is 0 Å². The Morgan fingerprint density at radius 3 is 2.72 bits per heavy atom. The fourth-order valence-electron chi connectivity index (χ4n) is 2.48. The Balaban J connectivity index is 2.39. The van der Waals surface area contributed by atoms with Crippen molar-refractivity contribution in [2.24, 2.45) is 11.8 Å². The van der Waals surface area contributed by atoms with E-state index in [2.05, 4.69) is 5.32 Å². The van der Waals surface area contributed by atoms with E-state index < -0.39 is 24.2 Å². The van der Waals surface area contributed by atoms with Crippen LogP contribution in [0.5, 0.6) is 0 Å². The molecule has 0 bridgehead atoms. The summed E-state index contributed by atoms with van der Waals surface area (Å²) < 4.78 is 37.0. The third-order valence-electron chi connectivity index (χ3n) is 3.42. The molecular weight excluding hydrogens is 245 g/mol. The Kier molecular flexibility index (Phi) is 5.00. The highest BCUT2D eigenvalue weighted by Gasteiger charge is 2.40. The van der Waals surface area contributed by atoms with Crippen LogP contribution in [0.25, 0.3) is 0 Å². The number of hydrogen-bond acceptors (Lipinski definition) is 3. The van der Waals surface area contributed by atoms with Crippen LogP contribution in [-0.4, -0.2) is 30.0 Å². The van der Waals surface area contributed by atoms with Crippen LogP contribution in [-0.2, 0) is 0 Å². The molecule has 0 radical (unpaired) electrons.